The third kappa shape index (κ3) is 1.84. The Morgan fingerprint density at radius 2 is 2.24 bits per heavy atom. The minimum atomic E-state index is -0.884. The first kappa shape index (κ1) is 11.8. The van der Waals surface area contributed by atoms with E-state index in [0.717, 1.165) is 24.5 Å². The summed E-state index contributed by atoms with van der Waals surface area (Å²) >= 11 is 0. The van der Waals surface area contributed by atoms with Crippen LogP contribution >= 0.6 is 0 Å². The number of para-hydroxylation sites is 1. The Hall–Kier alpha value is -1.71. The smallest absolute Gasteiger partial charge is 0.337 e. The van der Waals surface area contributed by atoms with Gasteiger partial charge in [-0.15, -0.1) is 0 Å². The van der Waals surface area contributed by atoms with Crippen molar-refractivity contribution in [3.8, 4) is 0 Å². The van der Waals surface area contributed by atoms with E-state index in [9.17, 15) is 9.90 Å². The number of rotatable bonds is 2. The number of nitrogens with one attached hydrogen (secondary N) is 1. The summed E-state index contributed by atoms with van der Waals surface area (Å²) in [7, 11) is 0. The molecule has 1 heterocycles. The maximum Gasteiger partial charge on any atom is 0.337 e. The van der Waals surface area contributed by atoms with E-state index in [-0.39, 0.29) is 5.54 Å². The Bertz CT molecular complexity index is 455. The van der Waals surface area contributed by atoms with E-state index in [0.29, 0.717) is 5.56 Å². The van der Waals surface area contributed by atoms with E-state index in [1.165, 1.54) is 0 Å². The van der Waals surface area contributed by atoms with Crippen LogP contribution in [0.3, 0.4) is 0 Å². The molecule has 0 unspecified atom stereocenters. The lowest BCUT2D eigenvalue weighted by molar-refractivity contribution is 0.0697. The number of hydrogen-bond acceptors (Lipinski definition) is 3. The second kappa shape index (κ2) is 3.95. The molecular weight excluding hydrogens is 216 g/mol. The summed E-state index contributed by atoms with van der Waals surface area (Å²) in [6.07, 6.45) is 0. The van der Waals surface area contributed by atoms with Crippen LogP contribution in [0.2, 0.25) is 0 Å². The van der Waals surface area contributed by atoms with Gasteiger partial charge in [0.15, 0.2) is 0 Å². The largest absolute Gasteiger partial charge is 0.478 e. The highest BCUT2D eigenvalue weighted by Gasteiger charge is 2.33. The molecule has 4 nitrogen and oxygen atoms in total. The highest BCUT2D eigenvalue weighted by Crippen LogP contribution is 2.37. The minimum Gasteiger partial charge on any atom is -0.478 e. The molecule has 1 aliphatic rings. The molecule has 0 atom stereocenters. The Balaban J connectivity index is 2.56. The lowest BCUT2D eigenvalue weighted by Gasteiger charge is -2.45. The zero-order chi connectivity index (χ0) is 12.6. The lowest BCUT2D eigenvalue weighted by Crippen LogP contribution is -2.52. The molecule has 1 aromatic rings. The van der Waals surface area contributed by atoms with Crippen molar-refractivity contribution in [3.63, 3.8) is 0 Å². The zero-order valence-corrected chi connectivity index (χ0v) is 10.4. The Morgan fingerprint density at radius 3 is 2.82 bits per heavy atom. The van der Waals surface area contributed by atoms with Crippen molar-refractivity contribution in [2.24, 2.45) is 0 Å². The first-order valence-corrected chi connectivity index (χ1v) is 5.85. The number of fused-ring (bicyclic) bond motifs is 1. The highest BCUT2D eigenvalue weighted by molar-refractivity contribution is 5.98. The molecule has 0 spiro atoms. The summed E-state index contributed by atoms with van der Waals surface area (Å²) in [4.78, 5) is 13.4. The molecule has 0 amide bonds. The van der Waals surface area contributed by atoms with Gasteiger partial charge in [-0.1, -0.05) is 6.07 Å². The average molecular weight is 234 g/mol. The van der Waals surface area contributed by atoms with E-state index in [4.69, 9.17) is 0 Å². The Morgan fingerprint density at radius 1 is 1.53 bits per heavy atom. The van der Waals surface area contributed by atoms with Gasteiger partial charge in [0, 0.05) is 13.1 Å². The Labute approximate surface area is 101 Å². The van der Waals surface area contributed by atoms with Gasteiger partial charge in [0.1, 0.15) is 0 Å². The molecule has 17 heavy (non-hydrogen) atoms. The molecule has 0 radical (unpaired) electrons. The van der Waals surface area contributed by atoms with Crippen LogP contribution in [0, 0.1) is 0 Å². The van der Waals surface area contributed by atoms with Crippen molar-refractivity contribution in [2.45, 2.75) is 26.3 Å². The van der Waals surface area contributed by atoms with Gasteiger partial charge in [-0.2, -0.15) is 0 Å². The normalized spacial score (nSPS) is 17.2. The molecule has 0 fully saturated rings. The predicted octanol–water partition coefficient (Wildman–Crippen LogP) is 2.42. The molecular formula is C13H18N2O2. The number of carboxylic acids is 1. The fraction of sp³-hybridized carbons (Fsp3) is 0.462. The molecule has 92 valence electrons. The molecule has 0 saturated heterocycles. The maximum absolute atomic E-state index is 11.2. The molecule has 4 heteroatoms. The van der Waals surface area contributed by atoms with Crippen LogP contribution in [0.25, 0.3) is 0 Å². The van der Waals surface area contributed by atoms with E-state index < -0.39 is 5.97 Å². The predicted molar refractivity (Wildman–Crippen MR) is 69.0 cm³/mol. The second-order valence-corrected chi connectivity index (χ2v) is 4.92. The van der Waals surface area contributed by atoms with Crippen molar-refractivity contribution in [2.75, 3.05) is 23.3 Å². The van der Waals surface area contributed by atoms with Gasteiger partial charge in [-0.25, -0.2) is 4.79 Å². The van der Waals surface area contributed by atoms with Gasteiger partial charge >= 0.3 is 5.97 Å². The van der Waals surface area contributed by atoms with Gasteiger partial charge in [0.2, 0.25) is 0 Å². The molecule has 2 rings (SSSR count). The number of aromatic carboxylic acids is 1. The topological polar surface area (TPSA) is 52.6 Å². The lowest BCUT2D eigenvalue weighted by atomic mass is 9.96. The van der Waals surface area contributed by atoms with Gasteiger partial charge < -0.3 is 15.3 Å². The molecule has 0 aliphatic carbocycles. The van der Waals surface area contributed by atoms with E-state index in [1.807, 2.05) is 6.07 Å². The summed E-state index contributed by atoms with van der Waals surface area (Å²) in [5.74, 6) is -0.884. The minimum absolute atomic E-state index is 0.00111. The van der Waals surface area contributed by atoms with Crippen LogP contribution in [0.5, 0.6) is 0 Å². The van der Waals surface area contributed by atoms with Crippen molar-refractivity contribution < 1.29 is 9.90 Å². The number of hydrogen-bond donors (Lipinski definition) is 2. The number of carbonyl (C=O) groups is 1. The zero-order valence-electron chi connectivity index (χ0n) is 10.4. The SMILES string of the molecule is CCN1c2cccc(C(=O)O)c2NCC1(C)C. The number of benzene rings is 1. The average Bonchev–Trinajstić information content (AvgIpc) is 2.27. The third-order valence-corrected chi connectivity index (χ3v) is 3.31. The van der Waals surface area contributed by atoms with Crippen LogP contribution in [0.1, 0.15) is 31.1 Å². The standard InChI is InChI=1S/C13H18N2O2/c1-4-15-10-7-5-6-9(12(16)17)11(10)14-8-13(15,2)3/h5-7,14H,4,8H2,1-3H3,(H,16,17). The Kier molecular flexibility index (Phi) is 2.73. The molecule has 1 aromatic carbocycles. The molecule has 0 saturated carbocycles. The third-order valence-electron chi connectivity index (χ3n) is 3.31. The fourth-order valence-corrected chi connectivity index (χ4v) is 2.45. The fourth-order valence-electron chi connectivity index (χ4n) is 2.45. The number of anilines is 2. The van der Waals surface area contributed by atoms with Crippen LogP contribution in [-0.4, -0.2) is 29.7 Å². The van der Waals surface area contributed by atoms with E-state index >= 15 is 0 Å². The number of carboxylic acid groups (broad SMARTS) is 1. The molecule has 2 N–H and O–H groups in total. The van der Waals surface area contributed by atoms with Crippen molar-refractivity contribution in [1.82, 2.24) is 0 Å². The second-order valence-electron chi connectivity index (χ2n) is 4.92. The number of nitrogens with zero attached hydrogens (tertiary/aromatic N) is 1. The van der Waals surface area contributed by atoms with E-state index in [2.05, 4.69) is 31.0 Å². The van der Waals surface area contributed by atoms with E-state index in [1.54, 1.807) is 12.1 Å². The first-order chi connectivity index (χ1) is 7.97. The quantitative estimate of drug-likeness (QED) is 0.825. The first-order valence-electron chi connectivity index (χ1n) is 5.85. The van der Waals surface area contributed by atoms with Gasteiger partial charge in [0.05, 0.1) is 22.5 Å². The summed E-state index contributed by atoms with van der Waals surface area (Å²) in [5, 5.41) is 12.4. The summed E-state index contributed by atoms with van der Waals surface area (Å²) in [6.45, 7) is 8.01. The van der Waals surface area contributed by atoms with Crippen molar-refractivity contribution in [3.05, 3.63) is 23.8 Å². The van der Waals surface area contributed by atoms with Crippen LogP contribution in [0.4, 0.5) is 11.4 Å². The van der Waals surface area contributed by atoms with Crippen LogP contribution in [0.15, 0.2) is 18.2 Å². The number of likely N-dealkylation sites (N-methyl/N-ethyl adjacent to an activating group) is 1. The van der Waals surface area contributed by atoms with Crippen molar-refractivity contribution in [1.29, 1.82) is 0 Å². The van der Waals surface area contributed by atoms with Crippen LogP contribution < -0.4 is 10.2 Å². The molecule has 0 bridgehead atoms. The van der Waals surface area contributed by atoms with Gasteiger partial charge in [-0.3, -0.25) is 0 Å². The highest BCUT2D eigenvalue weighted by atomic mass is 16.4. The molecule has 0 aromatic heterocycles. The summed E-state index contributed by atoms with van der Waals surface area (Å²) in [5.41, 5.74) is 2.06. The summed E-state index contributed by atoms with van der Waals surface area (Å²) < 4.78 is 0. The maximum atomic E-state index is 11.2. The van der Waals surface area contributed by atoms with Gasteiger partial charge in [-0.05, 0) is 32.9 Å². The summed E-state index contributed by atoms with van der Waals surface area (Å²) in [6, 6.07) is 5.41. The van der Waals surface area contributed by atoms with Crippen LogP contribution in [-0.2, 0) is 0 Å². The monoisotopic (exact) mass is 234 g/mol. The van der Waals surface area contributed by atoms with Gasteiger partial charge in [0.25, 0.3) is 0 Å². The molecule has 1 aliphatic heterocycles. The van der Waals surface area contributed by atoms with Crippen molar-refractivity contribution >= 4 is 17.3 Å².